The molecule has 3 rings (SSSR count). The minimum atomic E-state index is -2.86. The zero-order chi connectivity index (χ0) is 14.2. The van der Waals surface area contributed by atoms with E-state index in [1.54, 1.807) is 6.07 Å². The minimum absolute atomic E-state index is 0.130. The molecule has 0 spiro atoms. The molecule has 1 aromatic rings. The highest BCUT2D eigenvalue weighted by Crippen LogP contribution is 2.38. The van der Waals surface area contributed by atoms with Gasteiger partial charge in [0.15, 0.2) is 9.84 Å². The van der Waals surface area contributed by atoms with Gasteiger partial charge in [0, 0.05) is 12.6 Å². The Labute approximate surface area is 119 Å². The summed E-state index contributed by atoms with van der Waals surface area (Å²) in [5.74, 6) is 0.477. The molecule has 2 fully saturated rings. The zero-order valence-corrected chi connectivity index (χ0v) is 12.2. The fourth-order valence-electron chi connectivity index (χ4n) is 3.23. The maximum atomic E-state index is 13.6. The van der Waals surface area contributed by atoms with Gasteiger partial charge in [-0.05, 0) is 43.2 Å². The Kier molecular flexibility index (Phi) is 3.82. The van der Waals surface area contributed by atoms with Crippen LogP contribution < -0.4 is 5.32 Å². The molecule has 1 aliphatic heterocycles. The largest absolute Gasteiger partial charge is 0.313 e. The van der Waals surface area contributed by atoms with Crippen LogP contribution in [0.15, 0.2) is 24.3 Å². The number of halogens is 1. The second-order valence-electron chi connectivity index (χ2n) is 5.93. The van der Waals surface area contributed by atoms with Gasteiger partial charge < -0.3 is 5.32 Å². The molecule has 1 aliphatic carbocycles. The van der Waals surface area contributed by atoms with Gasteiger partial charge in [-0.15, -0.1) is 0 Å². The molecule has 5 heteroatoms. The van der Waals surface area contributed by atoms with Crippen molar-refractivity contribution in [2.45, 2.75) is 42.9 Å². The molecule has 20 heavy (non-hydrogen) atoms. The monoisotopic (exact) mass is 297 g/mol. The fourth-order valence-corrected chi connectivity index (χ4v) is 5.01. The van der Waals surface area contributed by atoms with Crippen molar-refractivity contribution >= 4 is 9.84 Å². The molecule has 1 unspecified atom stereocenters. The average molecular weight is 297 g/mol. The zero-order valence-electron chi connectivity index (χ0n) is 11.4. The second-order valence-corrected chi connectivity index (χ2v) is 8.33. The van der Waals surface area contributed by atoms with Crippen molar-refractivity contribution in [3.8, 4) is 0 Å². The highest BCUT2D eigenvalue weighted by Gasteiger charge is 2.35. The maximum absolute atomic E-state index is 13.6. The van der Waals surface area contributed by atoms with Gasteiger partial charge in [0.2, 0.25) is 0 Å². The number of hydrogen-bond donors (Lipinski definition) is 1. The van der Waals surface area contributed by atoms with Crippen molar-refractivity contribution in [3.05, 3.63) is 35.6 Å². The normalized spacial score (nSPS) is 31.9. The summed E-state index contributed by atoms with van der Waals surface area (Å²) in [6, 6.07) is 7.25. The molecule has 0 radical (unpaired) electrons. The van der Waals surface area contributed by atoms with Crippen molar-refractivity contribution in [1.82, 2.24) is 5.32 Å². The van der Waals surface area contributed by atoms with E-state index in [2.05, 4.69) is 5.32 Å². The van der Waals surface area contributed by atoms with Gasteiger partial charge in [-0.1, -0.05) is 18.2 Å². The van der Waals surface area contributed by atoms with Gasteiger partial charge in [0.25, 0.3) is 0 Å². The predicted molar refractivity (Wildman–Crippen MR) is 77.0 cm³/mol. The van der Waals surface area contributed by atoms with Gasteiger partial charge in [-0.3, -0.25) is 0 Å². The van der Waals surface area contributed by atoms with Gasteiger partial charge in [-0.25, -0.2) is 12.8 Å². The van der Waals surface area contributed by atoms with Crippen LogP contribution in [-0.2, 0) is 9.84 Å². The van der Waals surface area contributed by atoms with Gasteiger partial charge in [0.05, 0.1) is 11.0 Å². The van der Waals surface area contributed by atoms with Gasteiger partial charge in [0.1, 0.15) is 5.82 Å². The first-order valence-corrected chi connectivity index (χ1v) is 8.97. The molecular weight excluding hydrogens is 277 g/mol. The van der Waals surface area contributed by atoms with Crippen LogP contribution in [-0.4, -0.2) is 32.0 Å². The smallest absolute Gasteiger partial charge is 0.154 e. The summed E-state index contributed by atoms with van der Waals surface area (Å²) in [6.07, 6.45) is 3.36. The summed E-state index contributed by atoms with van der Waals surface area (Å²) in [6.45, 7) is 0.553. The fraction of sp³-hybridized carbons (Fsp3) is 0.600. The number of nitrogens with one attached hydrogen (secondary N) is 1. The van der Waals surface area contributed by atoms with E-state index in [0.29, 0.717) is 18.3 Å². The van der Waals surface area contributed by atoms with Crippen molar-refractivity contribution in [3.63, 3.8) is 0 Å². The van der Waals surface area contributed by atoms with Crippen LogP contribution in [0, 0.1) is 5.82 Å². The minimum Gasteiger partial charge on any atom is -0.313 e. The Morgan fingerprint density at radius 2 is 2.00 bits per heavy atom. The Balaban J connectivity index is 1.48. The molecule has 1 heterocycles. The van der Waals surface area contributed by atoms with E-state index in [4.69, 9.17) is 0 Å². The second kappa shape index (κ2) is 5.45. The molecule has 1 aromatic carbocycles. The quantitative estimate of drug-likeness (QED) is 0.927. The van der Waals surface area contributed by atoms with Crippen molar-refractivity contribution < 1.29 is 12.8 Å². The number of sulfone groups is 1. The SMILES string of the molecule is O=S1(=O)CCCC1CNC1CC(c2ccccc2F)C1. The molecular formula is C15H20FNO2S. The molecule has 1 N–H and O–H groups in total. The van der Waals surface area contributed by atoms with E-state index in [1.165, 1.54) is 6.07 Å². The molecule has 2 aliphatic rings. The third-order valence-electron chi connectivity index (χ3n) is 4.58. The molecule has 3 nitrogen and oxygen atoms in total. The van der Waals surface area contributed by atoms with Gasteiger partial charge in [-0.2, -0.15) is 0 Å². The highest BCUT2D eigenvalue weighted by molar-refractivity contribution is 7.92. The number of benzene rings is 1. The molecule has 0 amide bonds. The van der Waals surface area contributed by atoms with Crippen molar-refractivity contribution in [2.75, 3.05) is 12.3 Å². The van der Waals surface area contributed by atoms with E-state index in [1.807, 2.05) is 12.1 Å². The van der Waals surface area contributed by atoms with Crippen LogP contribution >= 0.6 is 0 Å². The Bertz CT molecular complexity index is 581. The highest BCUT2D eigenvalue weighted by atomic mass is 32.2. The van der Waals surface area contributed by atoms with E-state index < -0.39 is 9.84 Å². The summed E-state index contributed by atoms with van der Waals surface area (Å²) in [5.41, 5.74) is 0.791. The average Bonchev–Trinajstić information content (AvgIpc) is 2.69. The first-order valence-electron chi connectivity index (χ1n) is 7.25. The summed E-state index contributed by atoms with van der Waals surface area (Å²) in [5, 5.41) is 3.12. The first kappa shape index (κ1) is 14.0. The number of rotatable bonds is 4. The van der Waals surface area contributed by atoms with Crippen LogP contribution in [0.2, 0.25) is 0 Å². The Morgan fingerprint density at radius 3 is 2.65 bits per heavy atom. The standard InChI is InChI=1S/C15H20FNO2S/c16-15-6-2-1-5-14(15)11-8-12(9-11)17-10-13-4-3-7-20(13,18)19/h1-2,5-6,11-13,17H,3-4,7-10H2. The van der Waals surface area contributed by atoms with E-state index in [0.717, 1.165) is 31.2 Å². The van der Waals surface area contributed by atoms with Crippen LogP contribution in [0.3, 0.4) is 0 Å². The molecule has 0 bridgehead atoms. The maximum Gasteiger partial charge on any atom is 0.154 e. The summed E-state index contributed by atoms with van der Waals surface area (Å²) >= 11 is 0. The molecule has 1 saturated heterocycles. The van der Waals surface area contributed by atoms with Gasteiger partial charge >= 0.3 is 0 Å². The van der Waals surface area contributed by atoms with E-state index in [-0.39, 0.29) is 17.0 Å². The first-order chi connectivity index (χ1) is 9.56. The third-order valence-corrected chi connectivity index (χ3v) is 6.86. The lowest BCUT2D eigenvalue weighted by Crippen LogP contribution is -2.44. The van der Waals surface area contributed by atoms with E-state index in [9.17, 15) is 12.8 Å². The summed E-state index contributed by atoms with van der Waals surface area (Å²) < 4.78 is 37.1. The van der Waals surface area contributed by atoms with Crippen LogP contribution in [0.4, 0.5) is 4.39 Å². The van der Waals surface area contributed by atoms with Crippen LogP contribution in [0.5, 0.6) is 0 Å². The lowest BCUT2D eigenvalue weighted by atomic mass is 9.75. The Hall–Kier alpha value is -0.940. The molecule has 1 atom stereocenters. The third kappa shape index (κ3) is 2.74. The summed E-state index contributed by atoms with van der Waals surface area (Å²) in [7, 11) is -2.86. The Morgan fingerprint density at radius 1 is 1.25 bits per heavy atom. The topological polar surface area (TPSA) is 46.2 Å². The molecule has 0 aromatic heterocycles. The lowest BCUT2D eigenvalue weighted by molar-refractivity contribution is 0.285. The number of hydrogen-bond acceptors (Lipinski definition) is 3. The van der Waals surface area contributed by atoms with Crippen molar-refractivity contribution in [1.29, 1.82) is 0 Å². The molecule has 1 saturated carbocycles. The lowest BCUT2D eigenvalue weighted by Gasteiger charge is -2.37. The van der Waals surface area contributed by atoms with Crippen LogP contribution in [0.1, 0.15) is 37.2 Å². The van der Waals surface area contributed by atoms with Crippen LogP contribution in [0.25, 0.3) is 0 Å². The molecule has 110 valence electrons. The van der Waals surface area contributed by atoms with E-state index >= 15 is 0 Å². The van der Waals surface area contributed by atoms with Crippen molar-refractivity contribution in [2.24, 2.45) is 0 Å². The summed E-state index contributed by atoms with van der Waals surface area (Å²) in [4.78, 5) is 0. The predicted octanol–water partition coefficient (Wildman–Crippen LogP) is 2.24.